The third-order valence-corrected chi connectivity index (χ3v) is 3.31. The maximum Gasteiger partial charge on any atom is 0.417 e. The summed E-state index contributed by atoms with van der Waals surface area (Å²) in [5, 5.41) is 11.7. The fraction of sp³-hybridized carbons (Fsp3) is 0.308. The summed E-state index contributed by atoms with van der Waals surface area (Å²) < 4.78 is 5.01. The Hall–Kier alpha value is -1.79. The molecule has 21 heavy (non-hydrogen) atoms. The number of hydrogen-bond acceptors (Lipinski definition) is 5. The fourth-order valence-corrected chi connectivity index (χ4v) is 2.55. The second kappa shape index (κ2) is 6.78. The average Bonchev–Trinajstić information content (AvgIpc) is 2.45. The summed E-state index contributed by atoms with van der Waals surface area (Å²) in [5.41, 5.74) is -1.09. The Kier molecular flexibility index (Phi) is 5.03. The Balaban J connectivity index is 2.80. The number of rotatable bonds is 6. The molecule has 1 heterocycles. The van der Waals surface area contributed by atoms with Gasteiger partial charge in [-0.25, -0.2) is 4.79 Å². The topological polar surface area (TPSA) is 76.6 Å². The van der Waals surface area contributed by atoms with Crippen LogP contribution in [-0.4, -0.2) is 29.8 Å². The van der Waals surface area contributed by atoms with Crippen molar-refractivity contribution >= 4 is 45.5 Å². The molecule has 0 amide bonds. The smallest absolute Gasteiger partial charge is 0.417 e. The van der Waals surface area contributed by atoms with Gasteiger partial charge in [0.2, 0.25) is 0 Å². The minimum atomic E-state index is -0.983. The summed E-state index contributed by atoms with van der Waals surface area (Å²) >= 11 is 11.5. The van der Waals surface area contributed by atoms with E-state index in [-0.39, 0.29) is 23.0 Å². The zero-order valence-electron chi connectivity index (χ0n) is 10.9. The first kappa shape index (κ1) is 15.6. The van der Waals surface area contributed by atoms with Gasteiger partial charge in [0.15, 0.2) is 0 Å². The van der Waals surface area contributed by atoms with E-state index in [0.717, 1.165) is 0 Å². The molecule has 0 N–H and O–H groups in total. The van der Waals surface area contributed by atoms with Gasteiger partial charge in [-0.2, -0.15) is 0 Å². The van der Waals surface area contributed by atoms with Crippen LogP contribution < -0.4 is 10.5 Å². The van der Waals surface area contributed by atoms with Gasteiger partial charge in [-0.3, -0.25) is 10.1 Å². The van der Waals surface area contributed by atoms with Crippen molar-refractivity contribution in [1.82, 2.24) is 0 Å². The lowest BCUT2D eigenvalue weighted by atomic mass is 10.1. The molecule has 0 saturated carbocycles. The van der Waals surface area contributed by atoms with Crippen LogP contribution >= 0.6 is 23.2 Å². The number of para-hydroxylation sites is 1. The summed E-state index contributed by atoms with van der Waals surface area (Å²) in [6.07, 6.45) is 0. The van der Waals surface area contributed by atoms with Gasteiger partial charge < -0.3 is 9.32 Å². The van der Waals surface area contributed by atoms with E-state index in [1.807, 2.05) is 0 Å². The molecule has 0 radical (unpaired) electrons. The van der Waals surface area contributed by atoms with E-state index >= 15 is 0 Å². The normalized spacial score (nSPS) is 10.8. The van der Waals surface area contributed by atoms with E-state index in [1.54, 1.807) is 29.2 Å². The summed E-state index contributed by atoms with van der Waals surface area (Å²) in [5.74, 6) is 0.505. The number of anilines is 1. The lowest BCUT2D eigenvalue weighted by Crippen LogP contribution is -2.30. The first-order valence-corrected chi connectivity index (χ1v) is 7.24. The van der Waals surface area contributed by atoms with Crippen LogP contribution in [0.25, 0.3) is 11.0 Å². The highest BCUT2D eigenvalue weighted by molar-refractivity contribution is 6.18. The Labute approximate surface area is 130 Å². The molecule has 0 bridgehead atoms. The molecule has 0 spiro atoms. The van der Waals surface area contributed by atoms with Gasteiger partial charge in [0.25, 0.3) is 0 Å². The molecule has 8 heteroatoms. The first-order chi connectivity index (χ1) is 10.1. The van der Waals surface area contributed by atoms with Crippen molar-refractivity contribution < 1.29 is 9.34 Å². The number of halogens is 2. The van der Waals surface area contributed by atoms with Gasteiger partial charge in [-0.15, -0.1) is 23.2 Å². The summed E-state index contributed by atoms with van der Waals surface area (Å²) in [6, 6.07) is 6.66. The number of nitrogens with zero attached hydrogens (tertiary/aromatic N) is 2. The molecule has 2 aromatic rings. The van der Waals surface area contributed by atoms with Crippen LogP contribution in [0.1, 0.15) is 0 Å². The molecule has 0 fully saturated rings. The van der Waals surface area contributed by atoms with Gasteiger partial charge >= 0.3 is 11.3 Å². The Morgan fingerprint density at radius 2 is 1.81 bits per heavy atom. The van der Waals surface area contributed by atoms with Crippen LogP contribution in [0.4, 0.5) is 11.4 Å². The lowest BCUT2D eigenvalue weighted by molar-refractivity contribution is -0.386. The molecule has 0 aliphatic carbocycles. The molecule has 1 aromatic carbocycles. The van der Waals surface area contributed by atoms with E-state index in [0.29, 0.717) is 18.5 Å². The molecule has 6 nitrogen and oxygen atoms in total. The number of fused-ring (bicyclic) bond motifs is 1. The molecule has 112 valence electrons. The zero-order valence-corrected chi connectivity index (χ0v) is 12.4. The Morgan fingerprint density at radius 3 is 2.38 bits per heavy atom. The zero-order chi connectivity index (χ0) is 15.4. The molecule has 1 aromatic heterocycles. The highest BCUT2D eigenvalue weighted by Gasteiger charge is 2.28. The van der Waals surface area contributed by atoms with Crippen molar-refractivity contribution in [3.05, 3.63) is 44.8 Å². The maximum absolute atomic E-state index is 11.9. The molecule has 0 aliphatic heterocycles. The molecular formula is C13H12Cl2N2O4. The molecule has 0 unspecified atom stereocenters. The third-order valence-electron chi connectivity index (χ3n) is 2.97. The van der Waals surface area contributed by atoms with Gasteiger partial charge in [0.1, 0.15) is 11.3 Å². The van der Waals surface area contributed by atoms with Crippen molar-refractivity contribution in [3.8, 4) is 0 Å². The van der Waals surface area contributed by atoms with Crippen LogP contribution in [0.15, 0.2) is 33.5 Å². The number of hydrogen-bond donors (Lipinski definition) is 0. The van der Waals surface area contributed by atoms with Crippen LogP contribution in [0.5, 0.6) is 0 Å². The second-order valence-corrected chi connectivity index (χ2v) is 4.96. The van der Waals surface area contributed by atoms with Crippen molar-refractivity contribution in [2.75, 3.05) is 29.7 Å². The van der Waals surface area contributed by atoms with Gasteiger partial charge in [0, 0.05) is 30.2 Å². The van der Waals surface area contributed by atoms with Crippen LogP contribution in [0, 0.1) is 10.1 Å². The van der Waals surface area contributed by atoms with E-state index in [9.17, 15) is 14.9 Å². The van der Waals surface area contributed by atoms with Crippen molar-refractivity contribution in [2.45, 2.75) is 0 Å². The predicted octanol–water partition coefficient (Wildman–Crippen LogP) is 2.99. The summed E-state index contributed by atoms with van der Waals surface area (Å²) in [7, 11) is 0. The largest absolute Gasteiger partial charge is 0.418 e. The minimum absolute atomic E-state index is 0.202. The Morgan fingerprint density at radius 1 is 1.19 bits per heavy atom. The van der Waals surface area contributed by atoms with Crippen LogP contribution in [0.3, 0.4) is 0 Å². The minimum Gasteiger partial charge on any atom is -0.418 e. The molecule has 0 saturated heterocycles. The monoisotopic (exact) mass is 330 g/mol. The van der Waals surface area contributed by atoms with Crippen LogP contribution in [-0.2, 0) is 0 Å². The number of alkyl halides is 2. The summed E-state index contributed by atoms with van der Waals surface area (Å²) in [4.78, 5) is 24.1. The SMILES string of the molecule is O=c1oc2ccccc2c(N(CCCl)CCCl)c1[N+](=O)[O-]. The second-order valence-electron chi connectivity index (χ2n) is 4.21. The van der Waals surface area contributed by atoms with Crippen molar-refractivity contribution in [3.63, 3.8) is 0 Å². The van der Waals surface area contributed by atoms with E-state index in [4.69, 9.17) is 27.6 Å². The van der Waals surface area contributed by atoms with Crippen molar-refractivity contribution in [2.24, 2.45) is 0 Å². The van der Waals surface area contributed by atoms with E-state index in [2.05, 4.69) is 0 Å². The molecule has 0 aliphatic rings. The number of nitro groups is 1. The highest BCUT2D eigenvalue weighted by atomic mass is 35.5. The lowest BCUT2D eigenvalue weighted by Gasteiger charge is -2.23. The highest BCUT2D eigenvalue weighted by Crippen LogP contribution is 2.33. The standard InChI is InChI=1S/C13H12Cl2N2O4/c14-5-7-16(8-6-15)11-9-3-1-2-4-10(9)21-13(18)12(11)17(19)20/h1-4H,5-8H2. The Bertz CT molecular complexity index is 711. The quantitative estimate of drug-likeness (QED) is 0.352. The third kappa shape index (κ3) is 3.11. The predicted molar refractivity (Wildman–Crippen MR) is 82.8 cm³/mol. The van der Waals surface area contributed by atoms with Gasteiger partial charge in [0.05, 0.1) is 4.92 Å². The van der Waals surface area contributed by atoms with Gasteiger partial charge in [-0.1, -0.05) is 12.1 Å². The average molecular weight is 331 g/mol. The fourth-order valence-electron chi connectivity index (χ4n) is 2.14. The van der Waals surface area contributed by atoms with E-state index < -0.39 is 16.2 Å². The number of benzene rings is 1. The van der Waals surface area contributed by atoms with Crippen LogP contribution in [0.2, 0.25) is 0 Å². The summed E-state index contributed by atoms with van der Waals surface area (Å²) in [6.45, 7) is 0.672. The van der Waals surface area contributed by atoms with Crippen molar-refractivity contribution in [1.29, 1.82) is 0 Å². The van der Waals surface area contributed by atoms with E-state index in [1.165, 1.54) is 0 Å². The first-order valence-electron chi connectivity index (χ1n) is 6.17. The molecule has 2 rings (SSSR count). The molecule has 0 atom stereocenters. The van der Waals surface area contributed by atoms with Gasteiger partial charge in [-0.05, 0) is 12.1 Å². The molecular weight excluding hydrogens is 319 g/mol. The maximum atomic E-state index is 11.9.